The minimum absolute atomic E-state index is 0.643. The van der Waals surface area contributed by atoms with Crippen LogP contribution in [0.5, 0.6) is 0 Å². The van der Waals surface area contributed by atoms with Crippen molar-refractivity contribution >= 4 is 5.82 Å². The number of rotatable bonds is 4. The fourth-order valence-electron chi connectivity index (χ4n) is 3.78. The summed E-state index contributed by atoms with van der Waals surface area (Å²) in [6.45, 7) is 3.28. The number of hydrogen-bond acceptors (Lipinski definition) is 4. The Bertz CT molecular complexity index is 452. The van der Waals surface area contributed by atoms with E-state index in [-0.39, 0.29) is 0 Å². The summed E-state index contributed by atoms with van der Waals surface area (Å²) in [6.07, 6.45) is 10.4. The van der Waals surface area contributed by atoms with Crippen LogP contribution in [-0.2, 0) is 12.8 Å². The first-order valence-corrected chi connectivity index (χ1v) is 8.08. The third kappa shape index (κ3) is 2.66. The van der Waals surface area contributed by atoms with E-state index in [1.54, 1.807) is 6.33 Å². The topological polar surface area (TPSA) is 41.0 Å². The van der Waals surface area contributed by atoms with E-state index < -0.39 is 0 Å². The summed E-state index contributed by atoms with van der Waals surface area (Å²) in [5.41, 5.74) is 2.69. The van der Waals surface area contributed by atoms with Crippen molar-refractivity contribution in [2.24, 2.45) is 0 Å². The van der Waals surface area contributed by atoms with Gasteiger partial charge in [0, 0.05) is 30.4 Å². The summed E-state index contributed by atoms with van der Waals surface area (Å²) < 4.78 is 0. The van der Waals surface area contributed by atoms with Crippen molar-refractivity contribution in [2.45, 2.75) is 64.0 Å². The van der Waals surface area contributed by atoms with Crippen molar-refractivity contribution in [1.82, 2.24) is 15.3 Å². The number of nitrogens with zero attached hydrogens (tertiary/aromatic N) is 3. The zero-order valence-electron chi connectivity index (χ0n) is 12.7. The Balaban J connectivity index is 1.68. The molecule has 1 aromatic heterocycles. The van der Waals surface area contributed by atoms with Crippen LogP contribution in [0.4, 0.5) is 5.82 Å². The van der Waals surface area contributed by atoms with Gasteiger partial charge in [-0.25, -0.2) is 9.97 Å². The van der Waals surface area contributed by atoms with Gasteiger partial charge in [-0.3, -0.25) is 0 Å². The quantitative estimate of drug-likeness (QED) is 0.915. The van der Waals surface area contributed by atoms with E-state index in [1.165, 1.54) is 49.2 Å². The average molecular weight is 274 g/mol. The molecule has 1 saturated carbocycles. The van der Waals surface area contributed by atoms with Crippen molar-refractivity contribution < 1.29 is 0 Å². The third-order valence-corrected chi connectivity index (χ3v) is 4.92. The van der Waals surface area contributed by atoms with Crippen LogP contribution in [0.15, 0.2) is 6.33 Å². The van der Waals surface area contributed by atoms with E-state index in [0.717, 1.165) is 25.4 Å². The van der Waals surface area contributed by atoms with Crippen molar-refractivity contribution in [3.63, 3.8) is 0 Å². The van der Waals surface area contributed by atoms with Gasteiger partial charge >= 0.3 is 0 Å². The lowest BCUT2D eigenvalue weighted by molar-refractivity contribution is 0.340. The van der Waals surface area contributed by atoms with E-state index in [4.69, 9.17) is 0 Å². The molecule has 1 fully saturated rings. The van der Waals surface area contributed by atoms with Crippen LogP contribution < -0.4 is 10.2 Å². The lowest BCUT2D eigenvalue weighted by Gasteiger charge is -2.36. The summed E-state index contributed by atoms with van der Waals surface area (Å²) >= 11 is 0. The molecule has 4 heteroatoms. The number of anilines is 1. The molecule has 0 aromatic carbocycles. The summed E-state index contributed by atoms with van der Waals surface area (Å²) in [6, 6.07) is 1.37. The number of hydrogen-bond donors (Lipinski definition) is 1. The smallest absolute Gasteiger partial charge is 0.135 e. The molecule has 4 nitrogen and oxygen atoms in total. The van der Waals surface area contributed by atoms with Crippen LogP contribution in [0.25, 0.3) is 0 Å². The fourth-order valence-corrected chi connectivity index (χ4v) is 3.78. The van der Waals surface area contributed by atoms with Gasteiger partial charge in [0.15, 0.2) is 0 Å². The Morgan fingerprint density at radius 1 is 1.20 bits per heavy atom. The van der Waals surface area contributed by atoms with E-state index in [0.29, 0.717) is 6.04 Å². The van der Waals surface area contributed by atoms with Crippen LogP contribution in [0.2, 0.25) is 0 Å². The van der Waals surface area contributed by atoms with Gasteiger partial charge in [-0.1, -0.05) is 6.92 Å². The van der Waals surface area contributed by atoms with Gasteiger partial charge in [-0.15, -0.1) is 0 Å². The highest BCUT2D eigenvalue weighted by Gasteiger charge is 2.27. The first-order valence-electron chi connectivity index (χ1n) is 8.08. The SMILES string of the molecule is CCNC1CCC(N(C)c2ncnc3c2CCC3)CC1. The lowest BCUT2D eigenvalue weighted by atomic mass is 9.90. The standard InChI is InChI=1S/C16H26N4/c1-3-17-12-7-9-13(10-8-12)20(2)16-14-5-4-6-15(14)18-11-19-16/h11-13,17H,3-10H2,1-2H3. The van der Waals surface area contributed by atoms with Crippen LogP contribution in [-0.4, -0.2) is 35.6 Å². The molecule has 0 aliphatic heterocycles. The maximum atomic E-state index is 4.58. The number of aromatic nitrogens is 2. The summed E-state index contributed by atoms with van der Waals surface area (Å²) in [7, 11) is 2.22. The normalized spacial score (nSPS) is 25.5. The van der Waals surface area contributed by atoms with E-state index in [2.05, 4.69) is 34.2 Å². The molecule has 0 spiro atoms. The van der Waals surface area contributed by atoms with Crippen molar-refractivity contribution in [1.29, 1.82) is 0 Å². The molecule has 1 aromatic rings. The first-order chi connectivity index (χ1) is 9.79. The second kappa shape index (κ2) is 6.08. The summed E-state index contributed by atoms with van der Waals surface area (Å²) in [4.78, 5) is 11.4. The average Bonchev–Trinajstić information content (AvgIpc) is 2.96. The van der Waals surface area contributed by atoms with Gasteiger partial charge in [0.1, 0.15) is 12.1 Å². The molecule has 0 amide bonds. The molecule has 20 heavy (non-hydrogen) atoms. The van der Waals surface area contributed by atoms with Gasteiger partial charge in [-0.05, 0) is 51.5 Å². The van der Waals surface area contributed by atoms with Crippen molar-refractivity contribution in [2.75, 3.05) is 18.5 Å². The molecule has 2 aliphatic carbocycles. The Morgan fingerprint density at radius 2 is 2.00 bits per heavy atom. The molecule has 0 atom stereocenters. The van der Waals surface area contributed by atoms with E-state index in [1.807, 2.05) is 0 Å². The van der Waals surface area contributed by atoms with Crippen LogP contribution in [0.3, 0.4) is 0 Å². The summed E-state index contributed by atoms with van der Waals surface area (Å²) in [5.74, 6) is 1.19. The second-order valence-electron chi connectivity index (χ2n) is 6.15. The van der Waals surface area contributed by atoms with Gasteiger partial charge in [0.25, 0.3) is 0 Å². The Hall–Kier alpha value is -1.16. The Morgan fingerprint density at radius 3 is 2.75 bits per heavy atom. The van der Waals surface area contributed by atoms with Crippen LogP contribution >= 0.6 is 0 Å². The van der Waals surface area contributed by atoms with Crippen LogP contribution in [0, 0.1) is 0 Å². The van der Waals surface area contributed by atoms with Crippen molar-refractivity contribution in [3.8, 4) is 0 Å². The molecular formula is C16H26N4. The lowest BCUT2D eigenvalue weighted by Crippen LogP contribution is -2.41. The maximum Gasteiger partial charge on any atom is 0.135 e. The fraction of sp³-hybridized carbons (Fsp3) is 0.750. The van der Waals surface area contributed by atoms with Crippen molar-refractivity contribution in [3.05, 3.63) is 17.6 Å². The molecule has 1 N–H and O–H groups in total. The minimum atomic E-state index is 0.643. The van der Waals surface area contributed by atoms with Gasteiger partial charge in [-0.2, -0.15) is 0 Å². The zero-order chi connectivity index (χ0) is 13.9. The maximum absolute atomic E-state index is 4.58. The minimum Gasteiger partial charge on any atom is -0.356 e. The zero-order valence-corrected chi connectivity index (χ0v) is 12.7. The summed E-state index contributed by atoms with van der Waals surface area (Å²) in [5, 5.41) is 3.58. The third-order valence-electron chi connectivity index (χ3n) is 4.92. The monoisotopic (exact) mass is 274 g/mol. The van der Waals surface area contributed by atoms with E-state index in [9.17, 15) is 0 Å². The highest BCUT2D eigenvalue weighted by atomic mass is 15.2. The molecule has 0 radical (unpaired) electrons. The largest absolute Gasteiger partial charge is 0.356 e. The molecule has 0 bridgehead atoms. The first kappa shape index (κ1) is 13.8. The molecule has 0 unspecified atom stereocenters. The number of nitrogens with one attached hydrogen (secondary N) is 1. The highest BCUT2D eigenvalue weighted by Crippen LogP contribution is 2.31. The molecular weight excluding hydrogens is 248 g/mol. The molecule has 110 valence electrons. The van der Waals surface area contributed by atoms with Gasteiger partial charge < -0.3 is 10.2 Å². The highest BCUT2D eigenvalue weighted by molar-refractivity contribution is 5.50. The molecule has 2 aliphatic rings. The van der Waals surface area contributed by atoms with Gasteiger partial charge in [0.2, 0.25) is 0 Å². The molecule has 0 saturated heterocycles. The van der Waals surface area contributed by atoms with Gasteiger partial charge in [0.05, 0.1) is 0 Å². The number of fused-ring (bicyclic) bond motifs is 1. The predicted molar refractivity (Wildman–Crippen MR) is 82.2 cm³/mol. The van der Waals surface area contributed by atoms with Crippen LogP contribution in [0.1, 0.15) is 50.3 Å². The molecule has 1 heterocycles. The predicted octanol–water partition coefficient (Wildman–Crippen LogP) is 2.32. The van der Waals surface area contributed by atoms with E-state index >= 15 is 0 Å². The Kier molecular flexibility index (Phi) is 4.20. The molecule has 3 rings (SSSR count). The number of aryl methyl sites for hydroxylation is 1. The second-order valence-corrected chi connectivity index (χ2v) is 6.15. The Labute approximate surface area is 122 Å².